The van der Waals surface area contributed by atoms with Crippen molar-refractivity contribution >= 4 is 33.5 Å². The first kappa shape index (κ1) is 19.6. The normalized spacial score (nSPS) is 12.7. The van der Waals surface area contributed by atoms with Crippen molar-refractivity contribution in [3.63, 3.8) is 0 Å². The molecule has 0 aromatic heterocycles. The lowest BCUT2D eigenvalue weighted by atomic mass is 10.1. The van der Waals surface area contributed by atoms with Gasteiger partial charge in [0.15, 0.2) is 5.78 Å². The summed E-state index contributed by atoms with van der Waals surface area (Å²) in [5.41, 5.74) is 6.33. The fourth-order valence-electron chi connectivity index (χ4n) is 1.79. The van der Waals surface area contributed by atoms with Crippen LogP contribution in [0.5, 0.6) is 0 Å². The number of Topliss-reactive ketones (excluding diaryl/α,β-unsaturated/α-hetero) is 1. The van der Waals surface area contributed by atoms with Crippen molar-refractivity contribution in [2.75, 3.05) is 6.61 Å². The average Bonchev–Trinajstić information content (AvgIpc) is 2.47. The lowest BCUT2D eigenvalue weighted by Crippen LogP contribution is -2.35. The molecular formula is C14H18ClNO6S. The second-order valence-electron chi connectivity index (χ2n) is 4.95. The molecule has 7 nitrogen and oxygen atoms in total. The molecule has 3 N–H and O–H groups in total. The Bertz CT molecular complexity index is 716. The fraction of sp³-hybridized carbons (Fsp3) is 0.429. The first-order valence-corrected chi connectivity index (χ1v) is 8.58. The SMILES string of the molecule is CCC(=O)[C@@H](N)COC(=O)Cc1cc(S(=O)(=O)O)cc(Cl)c1C. The molecular weight excluding hydrogens is 346 g/mol. The number of rotatable bonds is 7. The van der Waals surface area contributed by atoms with Crippen molar-refractivity contribution < 1.29 is 27.3 Å². The van der Waals surface area contributed by atoms with Gasteiger partial charge in [-0.1, -0.05) is 18.5 Å². The zero-order valence-electron chi connectivity index (χ0n) is 12.7. The van der Waals surface area contributed by atoms with E-state index in [2.05, 4.69) is 0 Å². The van der Waals surface area contributed by atoms with Crippen molar-refractivity contribution in [3.8, 4) is 0 Å². The second-order valence-corrected chi connectivity index (χ2v) is 6.78. The van der Waals surface area contributed by atoms with Crippen molar-refractivity contribution in [2.24, 2.45) is 5.73 Å². The van der Waals surface area contributed by atoms with Crippen LogP contribution in [0.15, 0.2) is 17.0 Å². The number of benzene rings is 1. The lowest BCUT2D eigenvalue weighted by molar-refractivity contribution is -0.144. The number of esters is 1. The highest BCUT2D eigenvalue weighted by molar-refractivity contribution is 7.85. The van der Waals surface area contributed by atoms with Gasteiger partial charge in [-0.2, -0.15) is 8.42 Å². The summed E-state index contributed by atoms with van der Waals surface area (Å²) >= 11 is 5.90. The maximum Gasteiger partial charge on any atom is 0.310 e. The van der Waals surface area contributed by atoms with E-state index in [0.717, 1.165) is 12.1 Å². The number of nitrogens with two attached hydrogens (primary N) is 1. The van der Waals surface area contributed by atoms with Crippen LogP contribution >= 0.6 is 11.6 Å². The van der Waals surface area contributed by atoms with Gasteiger partial charge in [-0.05, 0) is 30.2 Å². The summed E-state index contributed by atoms with van der Waals surface area (Å²) in [6.45, 7) is 3.00. The van der Waals surface area contributed by atoms with Gasteiger partial charge in [0.05, 0.1) is 17.4 Å². The summed E-state index contributed by atoms with van der Waals surface area (Å²) in [5.74, 6) is -0.915. The lowest BCUT2D eigenvalue weighted by Gasteiger charge is -2.12. The molecule has 0 aliphatic carbocycles. The molecule has 0 radical (unpaired) electrons. The average molecular weight is 364 g/mol. The molecule has 0 spiro atoms. The molecule has 1 atom stereocenters. The number of hydrogen-bond acceptors (Lipinski definition) is 6. The van der Waals surface area contributed by atoms with Crippen molar-refractivity contribution in [1.29, 1.82) is 0 Å². The summed E-state index contributed by atoms with van der Waals surface area (Å²) < 4.78 is 36.4. The van der Waals surface area contributed by atoms with E-state index in [1.54, 1.807) is 13.8 Å². The predicted octanol–water partition coefficient (Wildman–Crippen LogP) is 1.29. The molecule has 1 aromatic rings. The van der Waals surface area contributed by atoms with E-state index in [4.69, 9.17) is 26.6 Å². The first-order chi connectivity index (χ1) is 10.6. The van der Waals surface area contributed by atoms with E-state index >= 15 is 0 Å². The van der Waals surface area contributed by atoms with E-state index in [1.807, 2.05) is 0 Å². The van der Waals surface area contributed by atoms with Crippen LogP contribution in [0, 0.1) is 6.92 Å². The molecule has 0 aliphatic rings. The Balaban J connectivity index is 2.86. The molecule has 128 valence electrons. The molecule has 9 heteroatoms. The number of ether oxygens (including phenoxy) is 1. The Morgan fingerprint density at radius 3 is 2.52 bits per heavy atom. The van der Waals surface area contributed by atoms with E-state index in [0.29, 0.717) is 11.1 Å². The molecule has 1 rings (SSSR count). The summed E-state index contributed by atoms with van der Waals surface area (Å²) in [7, 11) is -4.44. The van der Waals surface area contributed by atoms with Gasteiger partial charge in [-0.25, -0.2) is 0 Å². The Morgan fingerprint density at radius 2 is 2.00 bits per heavy atom. The van der Waals surface area contributed by atoms with Gasteiger partial charge < -0.3 is 10.5 Å². The Labute approximate surface area is 139 Å². The molecule has 0 fully saturated rings. The van der Waals surface area contributed by atoms with Gasteiger partial charge in [0.2, 0.25) is 0 Å². The maximum absolute atomic E-state index is 11.8. The van der Waals surface area contributed by atoms with E-state index in [-0.39, 0.29) is 30.3 Å². The maximum atomic E-state index is 11.8. The molecule has 0 unspecified atom stereocenters. The van der Waals surface area contributed by atoms with Crippen molar-refractivity contribution in [2.45, 2.75) is 37.6 Å². The van der Waals surface area contributed by atoms with Crippen LogP contribution in [0.2, 0.25) is 5.02 Å². The third-order valence-electron chi connectivity index (χ3n) is 3.24. The van der Waals surface area contributed by atoms with E-state index < -0.39 is 27.0 Å². The standard InChI is InChI=1S/C14H18ClNO6S/c1-3-13(17)12(16)7-22-14(18)5-9-4-10(23(19,20)21)6-11(15)8(9)2/h4,6,12H,3,5,7,16H2,1-2H3,(H,19,20,21)/t12-/m0/s1. The zero-order chi connectivity index (χ0) is 17.8. The minimum atomic E-state index is -4.44. The summed E-state index contributed by atoms with van der Waals surface area (Å²) in [6.07, 6.45) is -0.0220. The summed E-state index contributed by atoms with van der Waals surface area (Å²) in [6, 6.07) is 1.35. The molecule has 0 heterocycles. The minimum Gasteiger partial charge on any atom is -0.463 e. The van der Waals surface area contributed by atoms with Crippen LogP contribution in [0.1, 0.15) is 24.5 Å². The van der Waals surface area contributed by atoms with E-state index in [1.165, 1.54) is 0 Å². The number of carbonyl (C=O) groups excluding carboxylic acids is 2. The molecule has 1 aromatic carbocycles. The van der Waals surface area contributed by atoms with Gasteiger partial charge in [0.25, 0.3) is 10.1 Å². The van der Waals surface area contributed by atoms with Crippen LogP contribution in [-0.2, 0) is 30.9 Å². The first-order valence-electron chi connectivity index (χ1n) is 6.76. The quantitative estimate of drug-likeness (QED) is 0.552. The number of hydrogen-bond donors (Lipinski definition) is 2. The van der Waals surface area contributed by atoms with Crippen molar-refractivity contribution in [1.82, 2.24) is 0 Å². The van der Waals surface area contributed by atoms with Crippen LogP contribution in [0.4, 0.5) is 0 Å². The predicted molar refractivity (Wildman–Crippen MR) is 83.9 cm³/mol. The number of halogens is 1. The molecule has 0 aliphatic heterocycles. The second kappa shape index (κ2) is 7.87. The van der Waals surface area contributed by atoms with Gasteiger partial charge in [0.1, 0.15) is 6.61 Å². The summed E-state index contributed by atoms with van der Waals surface area (Å²) in [4.78, 5) is 22.7. The Hall–Kier alpha value is -1.48. The van der Waals surface area contributed by atoms with Crippen LogP contribution < -0.4 is 5.73 Å². The van der Waals surface area contributed by atoms with Crippen LogP contribution in [0.25, 0.3) is 0 Å². The molecule has 0 bridgehead atoms. The third-order valence-corrected chi connectivity index (χ3v) is 4.47. The number of carbonyl (C=O) groups is 2. The highest BCUT2D eigenvalue weighted by Gasteiger charge is 2.18. The molecule has 0 saturated heterocycles. The highest BCUT2D eigenvalue weighted by atomic mass is 35.5. The molecule has 0 saturated carbocycles. The molecule has 0 amide bonds. The topological polar surface area (TPSA) is 124 Å². The van der Waals surface area contributed by atoms with Gasteiger partial charge in [-0.15, -0.1) is 0 Å². The number of ketones is 1. The van der Waals surface area contributed by atoms with Crippen molar-refractivity contribution in [3.05, 3.63) is 28.3 Å². The Morgan fingerprint density at radius 1 is 1.39 bits per heavy atom. The zero-order valence-corrected chi connectivity index (χ0v) is 14.3. The monoisotopic (exact) mass is 363 g/mol. The van der Waals surface area contributed by atoms with Crippen LogP contribution in [-0.4, -0.2) is 37.4 Å². The van der Waals surface area contributed by atoms with Gasteiger partial charge in [0, 0.05) is 11.4 Å². The fourth-order valence-corrected chi connectivity index (χ4v) is 2.65. The third kappa shape index (κ3) is 5.58. The van der Waals surface area contributed by atoms with Crippen LogP contribution in [0.3, 0.4) is 0 Å². The summed E-state index contributed by atoms with van der Waals surface area (Å²) in [5, 5.41) is 0.0980. The Kier molecular flexibility index (Phi) is 6.69. The molecule has 23 heavy (non-hydrogen) atoms. The van der Waals surface area contributed by atoms with E-state index in [9.17, 15) is 18.0 Å². The largest absolute Gasteiger partial charge is 0.463 e. The minimum absolute atomic E-state index is 0.0980. The highest BCUT2D eigenvalue weighted by Crippen LogP contribution is 2.25. The van der Waals surface area contributed by atoms with Gasteiger partial charge in [-0.3, -0.25) is 14.1 Å². The smallest absolute Gasteiger partial charge is 0.310 e. The van der Waals surface area contributed by atoms with Gasteiger partial charge >= 0.3 is 5.97 Å².